The molecule has 4 aliphatic carbocycles. The first kappa shape index (κ1) is 16.2. The molecule has 138 valence electrons. The van der Waals surface area contributed by atoms with Crippen molar-refractivity contribution in [2.24, 2.45) is 28.1 Å². The number of hydrogen-bond acceptors (Lipinski definition) is 5. The normalized spacial score (nSPS) is 62.4. The molecule has 4 saturated carbocycles. The molecule has 8 atom stereocenters. The number of carbonyl (C=O) groups excluding carboxylic acids is 2. The highest BCUT2D eigenvalue weighted by Gasteiger charge is 2.82. The molecule has 4 bridgehead atoms. The monoisotopic (exact) mass is 348 g/mol. The van der Waals surface area contributed by atoms with Crippen molar-refractivity contribution < 1.29 is 24.5 Å². The maximum Gasteiger partial charge on any atom is 0.320 e. The second-order valence-electron chi connectivity index (χ2n) is 10.3. The largest absolute Gasteiger partial charge is 0.450 e. The Labute approximate surface area is 148 Å². The number of aliphatic hydroxyl groups is 2. The van der Waals surface area contributed by atoms with Crippen LogP contribution in [0.2, 0.25) is 0 Å². The Bertz CT molecular complexity index is 700. The van der Waals surface area contributed by atoms with Crippen LogP contribution in [0.3, 0.4) is 0 Å². The van der Waals surface area contributed by atoms with Crippen molar-refractivity contribution in [3.8, 4) is 0 Å². The quantitative estimate of drug-likeness (QED) is 0.517. The summed E-state index contributed by atoms with van der Waals surface area (Å²) in [5.41, 5.74) is -4.02. The van der Waals surface area contributed by atoms with Crippen molar-refractivity contribution >= 4 is 11.8 Å². The van der Waals surface area contributed by atoms with Crippen LogP contribution in [0.1, 0.15) is 65.7 Å². The highest BCUT2D eigenvalue weighted by atomic mass is 16.6. The van der Waals surface area contributed by atoms with E-state index in [4.69, 9.17) is 4.74 Å². The average Bonchev–Trinajstić information content (AvgIpc) is 2.94. The maximum absolute atomic E-state index is 13.6. The van der Waals surface area contributed by atoms with E-state index in [0.29, 0.717) is 25.7 Å². The first-order valence-electron chi connectivity index (χ1n) is 9.71. The number of aliphatic hydroxyl groups excluding tert-OH is 1. The van der Waals surface area contributed by atoms with Crippen molar-refractivity contribution in [1.29, 1.82) is 0 Å². The summed E-state index contributed by atoms with van der Waals surface area (Å²) in [5, 5.41) is 22.1. The number of esters is 1. The van der Waals surface area contributed by atoms with Gasteiger partial charge in [-0.15, -0.1) is 0 Å². The minimum atomic E-state index is -1.21. The Hall–Kier alpha value is -0.940. The molecule has 1 saturated heterocycles. The van der Waals surface area contributed by atoms with Crippen molar-refractivity contribution in [2.45, 2.75) is 83.0 Å². The fraction of sp³-hybridized carbons (Fsp3) is 0.900. The number of Topliss-reactive ketones (excluding diaryl/α,β-unsaturated/α-hetero) is 1. The molecule has 2 N–H and O–H groups in total. The van der Waals surface area contributed by atoms with E-state index in [0.717, 1.165) is 19.3 Å². The zero-order valence-electron chi connectivity index (χ0n) is 15.3. The van der Waals surface area contributed by atoms with Crippen molar-refractivity contribution in [3.63, 3.8) is 0 Å². The smallest absolute Gasteiger partial charge is 0.320 e. The van der Waals surface area contributed by atoms with Gasteiger partial charge >= 0.3 is 5.97 Å². The molecular formula is C20H28O5. The summed E-state index contributed by atoms with van der Waals surface area (Å²) in [4.78, 5) is 26.2. The third kappa shape index (κ3) is 1.48. The molecule has 0 aromatic carbocycles. The number of hydrogen-bond donors (Lipinski definition) is 2. The highest BCUT2D eigenvalue weighted by Crippen LogP contribution is 2.76. The summed E-state index contributed by atoms with van der Waals surface area (Å²) in [6.07, 6.45) is 3.96. The summed E-state index contributed by atoms with van der Waals surface area (Å²) in [5.74, 6) is -0.179. The van der Waals surface area contributed by atoms with Crippen LogP contribution in [0, 0.1) is 28.1 Å². The van der Waals surface area contributed by atoms with Gasteiger partial charge in [0.05, 0.1) is 11.7 Å². The third-order valence-electron chi connectivity index (χ3n) is 9.18. The van der Waals surface area contributed by atoms with Crippen molar-refractivity contribution in [1.82, 2.24) is 0 Å². The third-order valence-corrected chi connectivity index (χ3v) is 9.18. The van der Waals surface area contributed by atoms with E-state index in [2.05, 4.69) is 0 Å². The molecule has 5 fully saturated rings. The molecule has 0 aromatic rings. The van der Waals surface area contributed by atoms with E-state index in [1.54, 1.807) is 6.92 Å². The van der Waals surface area contributed by atoms with E-state index < -0.39 is 34.1 Å². The predicted molar refractivity (Wildman–Crippen MR) is 88.4 cm³/mol. The van der Waals surface area contributed by atoms with Crippen LogP contribution in [-0.4, -0.2) is 39.3 Å². The molecular weight excluding hydrogens is 320 g/mol. The number of carbonyl (C=O) groups is 2. The fourth-order valence-electron chi connectivity index (χ4n) is 7.92. The molecule has 5 rings (SSSR count). The van der Waals surface area contributed by atoms with Crippen LogP contribution in [0.15, 0.2) is 0 Å². The summed E-state index contributed by atoms with van der Waals surface area (Å²) in [6, 6.07) is 0. The van der Waals surface area contributed by atoms with Gasteiger partial charge in [0.1, 0.15) is 5.41 Å². The van der Waals surface area contributed by atoms with E-state index in [-0.39, 0.29) is 23.0 Å². The van der Waals surface area contributed by atoms with Crippen LogP contribution in [0.4, 0.5) is 0 Å². The minimum Gasteiger partial charge on any atom is -0.450 e. The van der Waals surface area contributed by atoms with Gasteiger partial charge in [-0.05, 0) is 69.6 Å². The molecule has 5 nitrogen and oxygen atoms in total. The first-order valence-corrected chi connectivity index (χ1v) is 9.71. The summed E-state index contributed by atoms with van der Waals surface area (Å²) in [7, 11) is 0. The first-order chi connectivity index (χ1) is 11.5. The SMILES string of the molecule is C[C@]12CC[C@H](O)[C@@]3(C)[C@@H]4CC[C@@H]5C[C@]4(C[C@@]5(C)O)C[C@@]3(OC1=O)C2=O. The van der Waals surface area contributed by atoms with Gasteiger partial charge in [-0.2, -0.15) is 0 Å². The van der Waals surface area contributed by atoms with Crippen LogP contribution in [0.25, 0.3) is 0 Å². The summed E-state index contributed by atoms with van der Waals surface area (Å²) >= 11 is 0. The van der Waals surface area contributed by atoms with Gasteiger partial charge in [0.2, 0.25) is 0 Å². The lowest BCUT2D eigenvalue weighted by atomic mass is 9.59. The second kappa shape index (κ2) is 4.14. The van der Waals surface area contributed by atoms with Crippen molar-refractivity contribution in [3.05, 3.63) is 0 Å². The molecule has 25 heavy (non-hydrogen) atoms. The van der Waals surface area contributed by atoms with E-state index in [1.165, 1.54) is 0 Å². The Balaban J connectivity index is 1.73. The van der Waals surface area contributed by atoms with E-state index >= 15 is 0 Å². The predicted octanol–water partition coefficient (Wildman–Crippen LogP) is 1.98. The molecule has 0 amide bonds. The summed E-state index contributed by atoms with van der Waals surface area (Å²) in [6.45, 7) is 5.58. The highest BCUT2D eigenvalue weighted by molar-refractivity contribution is 6.13. The molecule has 1 aliphatic heterocycles. The Kier molecular flexibility index (Phi) is 2.69. The van der Waals surface area contributed by atoms with Gasteiger partial charge in [-0.3, -0.25) is 9.59 Å². The molecule has 5 aliphatic rings. The fourth-order valence-corrected chi connectivity index (χ4v) is 7.92. The molecule has 0 radical (unpaired) electrons. The zero-order chi connectivity index (χ0) is 18.0. The van der Waals surface area contributed by atoms with E-state index in [1.807, 2.05) is 13.8 Å². The van der Waals surface area contributed by atoms with Gasteiger partial charge in [0.15, 0.2) is 11.4 Å². The Morgan fingerprint density at radius 3 is 2.52 bits per heavy atom. The number of ketones is 1. The zero-order valence-corrected chi connectivity index (χ0v) is 15.3. The molecule has 0 aromatic heterocycles. The molecule has 1 heterocycles. The van der Waals surface area contributed by atoms with Crippen LogP contribution < -0.4 is 0 Å². The van der Waals surface area contributed by atoms with Gasteiger partial charge < -0.3 is 14.9 Å². The van der Waals surface area contributed by atoms with Crippen molar-refractivity contribution in [2.75, 3.05) is 0 Å². The average molecular weight is 348 g/mol. The Morgan fingerprint density at radius 2 is 1.80 bits per heavy atom. The maximum atomic E-state index is 13.6. The van der Waals surface area contributed by atoms with Crippen LogP contribution >= 0.6 is 0 Å². The van der Waals surface area contributed by atoms with E-state index in [9.17, 15) is 19.8 Å². The number of fused-ring (bicyclic) bond motifs is 3. The van der Waals surface area contributed by atoms with Gasteiger partial charge in [0, 0.05) is 11.8 Å². The minimum absolute atomic E-state index is 0.109. The second-order valence-corrected chi connectivity index (χ2v) is 10.3. The lowest BCUT2D eigenvalue weighted by Gasteiger charge is -2.47. The number of rotatable bonds is 0. The topological polar surface area (TPSA) is 83.8 Å². The molecule has 0 unspecified atom stereocenters. The lowest BCUT2D eigenvalue weighted by Crippen LogP contribution is -2.56. The van der Waals surface area contributed by atoms with Crippen LogP contribution in [0.5, 0.6) is 0 Å². The van der Waals surface area contributed by atoms with Crippen LogP contribution in [-0.2, 0) is 14.3 Å². The lowest BCUT2D eigenvalue weighted by molar-refractivity contribution is -0.180. The summed E-state index contributed by atoms with van der Waals surface area (Å²) < 4.78 is 5.94. The van der Waals surface area contributed by atoms with Gasteiger partial charge in [0.25, 0.3) is 0 Å². The molecule has 2 spiro atoms. The standard InChI is InChI=1S/C20H28O5/c1-16-7-6-13(21)18(3)12-5-4-11-8-19(12,9-17(11,2)24)10-20(18,14(16)22)25-15(16)23/h11-13,21,24H,4-10H2,1-3H3/t11-,12+,13+,16-,17-,18-,19+,20-/m1/s1. The van der Waals surface area contributed by atoms with Gasteiger partial charge in [-0.1, -0.05) is 6.92 Å². The molecule has 5 heteroatoms. The Morgan fingerprint density at radius 1 is 1.08 bits per heavy atom. The number of ether oxygens (including phenoxy) is 1. The van der Waals surface area contributed by atoms with Gasteiger partial charge in [-0.25, -0.2) is 0 Å².